The second kappa shape index (κ2) is 22.7. The smallest absolute Gasteiger partial charge is 0.303 e. The summed E-state index contributed by atoms with van der Waals surface area (Å²) >= 11 is 13.1. The van der Waals surface area contributed by atoms with Gasteiger partial charge in [0, 0.05) is 78.8 Å². The van der Waals surface area contributed by atoms with E-state index in [1.54, 1.807) is 30.3 Å². The van der Waals surface area contributed by atoms with Crippen molar-refractivity contribution in [2.45, 2.75) is 113 Å². The van der Waals surface area contributed by atoms with Crippen LogP contribution in [0.4, 0.5) is 0 Å². The number of aliphatic hydroxyl groups is 4. The van der Waals surface area contributed by atoms with Crippen LogP contribution in [0.25, 0.3) is 0 Å². The second-order valence-electron chi connectivity index (χ2n) is 20.2. The zero-order valence-corrected chi connectivity index (χ0v) is 43.8. The highest BCUT2D eigenvalue weighted by atomic mass is 35.5. The van der Waals surface area contributed by atoms with Crippen LogP contribution in [0.5, 0.6) is 11.5 Å². The molecule has 4 heterocycles. The SMILES string of the molecule is CC[C@H]1OC(OC)(c2ccc(Cl)c(Cc3ccc(OC4C5COCC54)cc3)c2)[C@H](OC(C)=O)[C@@H](OC(C)=O)[C@@H]1C.COC1(c2ccc(Cl)c(Cc3ccc(OC4C5COCC54)cc3)c2)O[C@H](CO)[C@@H](O)[C@H](O)[C@H]1O. The van der Waals surface area contributed by atoms with Gasteiger partial charge < -0.3 is 67.8 Å². The molecule has 74 heavy (non-hydrogen) atoms. The van der Waals surface area contributed by atoms with Crippen LogP contribution >= 0.6 is 23.2 Å². The van der Waals surface area contributed by atoms with Crippen LogP contribution in [0.15, 0.2) is 84.9 Å². The van der Waals surface area contributed by atoms with Gasteiger partial charge in [0.1, 0.15) is 54.2 Å². The van der Waals surface area contributed by atoms with E-state index in [4.69, 9.17) is 70.6 Å². The number of hydrogen-bond donors (Lipinski definition) is 4. The molecule has 0 amide bonds. The highest BCUT2D eigenvalue weighted by molar-refractivity contribution is 6.31. The number of rotatable bonds is 16. The van der Waals surface area contributed by atoms with Crippen molar-refractivity contribution in [2.75, 3.05) is 47.3 Å². The standard InChI is InChI=1S/C31H37ClO8.C25H29ClO8/c1-6-27-17(2)28(37-18(3)33)30(38-19(4)34)31(35-5,40-27)22-9-12-26(32)21(14-22)13-20-7-10-23(11-8-20)39-29-24-15-36-16-25(24)29;1-31-25(24(30)22(29)21(28)20(10-27)34-25)15-4-7-19(26)14(9-15)8-13-2-5-16(6-3-13)33-23-17-11-32-12-18(17)23/h7-12,14,17,24-25,27-30H,6,13,15-16H2,1-5H3;2-7,9,17-18,20-24,27-30H,8,10-12H2,1H3/t17-,24?,25?,27-,28+,29?,30-,31?;17?,18?,20-,21-,22+,23?,24-,25?/m11/s1. The van der Waals surface area contributed by atoms with Crippen LogP contribution in [0.1, 0.15) is 67.5 Å². The summed E-state index contributed by atoms with van der Waals surface area (Å²) in [5, 5.41) is 41.9. The average molecular weight is 1070 g/mol. The topological polar surface area (TPSA) is 207 Å². The van der Waals surface area contributed by atoms with E-state index in [0.717, 1.165) is 60.2 Å². The summed E-state index contributed by atoms with van der Waals surface area (Å²) in [5.74, 6) is -0.820. The molecule has 4 saturated heterocycles. The minimum absolute atomic E-state index is 0.239. The molecule has 2 aliphatic carbocycles. The lowest BCUT2D eigenvalue weighted by atomic mass is 9.81. The summed E-state index contributed by atoms with van der Waals surface area (Å²) in [4.78, 5) is 24.3. The number of esters is 2. The zero-order valence-electron chi connectivity index (χ0n) is 42.3. The quantitative estimate of drug-likeness (QED) is 0.0910. The lowest BCUT2D eigenvalue weighted by Gasteiger charge is -2.50. The monoisotopic (exact) mass is 1060 g/mol. The van der Waals surface area contributed by atoms with Gasteiger partial charge in [-0.25, -0.2) is 0 Å². The Labute approximate surface area is 440 Å². The maximum atomic E-state index is 12.2. The van der Waals surface area contributed by atoms with Crippen LogP contribution < -0.4 is 9.47 Å². The molecule has 18 heteroatoms. The number of halogens is 2. The number of fused-ring (bicyclic) bond motifs is 2. The van der Waals surface area contributed by atoms with Crippen molar-refractivity contribution in [3.63, 3.8) is 0 Å². The predicted molar refractivity (Wildman–Crippen MR) is 269 cm³/mol. The van der Waals surface area contributed by atoms with Crippen LogP contribution in [0.2, 0.25) is 10.0 Å². The van der Waals surface area contributed by atoms with Crippen molar-refractivity contribution in [3.8, 4) is 11.5 Å². The van der Waals surface area contributed by atoms with Crippen molar-refractivity contribution < 1.29 is 77.4 Å². The number of carbonyl (C=O) groups is 2. The van der Waals surface area contributed by atoms with Gasteiger partial charge in [-0.15, -0.1) is 0 Å². The Morgan fingerprint density at radius 2 is 1.07 bits per heavy atom. The Morgan fingerprint density at radius 3 is 1.49 bits per heavy atom. The van der Waals surface area contributed by atoms with Gasteiger partial charge in [-0.2, -0.15) is 0 Å². The molecule has 6 aliphatic rings. The van der Waals surface area contributed by atoms with E-state index in [0.29, 0.717) is 64.1 Å². The summed E-state index contributed by atoms with van der Waals surface area (Å²) in [6.07, 6.45) is -5.70. The van der Waals surface area contributed by atoms with E-state index in [9.17, 15) is 30.0 Å². The third-order valence-corrected chi connectivity index (χ3v) is 16.2. The number of carbonyl (C=O) groups excluding carboxylic acids is 2. The molecule has 4 aromatic carbocycles. The molecule has 16 nitrogen and oxygen atoms in total. The Bertz CT molecular complexity index is 2580. The van der Waals surface area contributed by atoms with E-state index in [1.807, 2.05) is 68.4 Å². The van der Waals surface area contributed by atoms with Crippen molar-refractivity contribution in [2.24, 2.45) is 29.6 Å². The van der Waals surface area contributed by atoms with Gasteiger partial charge in [0.05, 0.1) is 39.1 Å². The van der Waals surface area contributed by atoms with Crippen molar-refractivity contribution in [1.82, 2.24) is 0 Å². The molecule has 2 saturated carbocycles. The lowest BCUT2D eigenvalue weighted by Crippen LogP contribution is -2.64. The lowest BCUT2D eigenvalue weighted by molar-refractivity contribution is -0.366. The van der Waals surface area contributed by atoms with Crippen molar-refractivity contribution in [1.29, 1.82) is 0 Å². The maximum absolute atomic E-state index is 12.2. The molecule has 400 valence electrons. The minimum atomic E-state index is -1.78. The highest BCUT2D eigenvalue weighted by Crippen LogP contribution is 2.49. The third-order valence-electron chi connectivity index (χ3n) is 15.5. The fourth-order valence-corrected chi connectivity index (χ4v) is 11.5. The summed E-state index contributed by atoms with van der Waals surface area (Å²) in [7, 11) is 2.83. The van der Waals surface area contributed by atoms with Crippen LogP contribution in [0, 0.1) is 29.6 Å². The number of hydrogen-bond acceptors (Lipinski definition) is 16. The fraction of sp³-hybridized carbons (Fsp3) is 0.536. The van der Waals surface area contributed by atoms with Crippen LogP contribution in [-0.4, -0.2) is 135 Å². The van der Waals surface area contributed by atoms with Gasteiger partial charge in [0.2, 0.25) is 11.6 Å². The predicted octanol–water partition coefficient (Wildman–Crippen LogP) is 6.29. The maximum Gasteiger partial charge on any atom is 0.303 e. The van der Waals surface area contributed by atoms with Crippen LogP contribution in [0.3, 0.4) is 0 Å². The first kappa shape index (κ1) is 54.4. The summed E-state index contributed by atoms with van der Waals surface area (Å²) in [6.45, 7) is 9.12. The number of aliphatic hydroxyl groups excluding tert-OH is 4. The molecule has 0 aromatic heterocycles. The third kappa shape index (κ3) is 10.9. The largest absolute Gasteiger partial charge is 0.490 e. The summed E-state index contributed by atoms with van der Waals surface area (Å²) in [6, 6.07) is 26.4. The first-order valence-corrected chi connectivity index (χ1v) is 26.0. The Hall–Kier alpha value is -4.40. The number of methoxy groups -OCH3 is 2. The minimum Gasteiger partial charge on any atom is -0.490 e. The Balaban J connectivity index is 0.000000184. The highest BCUT2D eigenvalue weighted by Gasteiger charge is 2.60. The van der Waals surface area contributed by atoms with E-state index in [-0.39, 0.29) is 24.2 Å². The molecule has 10 rings (SSSR count). The van der Waals surface area contributed by atoms with Crippen molar-refractivity contribution in [3.05, 3.63) is 128 Å². The fourth-order valence-electron chi connectivity index (χ4n) is 11.1. The first-order valence-electron chi connectivity index (χ1n) is 25.2. The molecule has 4 aromatic rings. The molecule has 4 aliphatic heterocycles. The molecule has 6 unspecified atom stereocenters. The van der Waals surface area contributed by atoms with E-state index in [1.165, 1.54) is 28.1 Å². The second-order valence-corrected chi connectivity index (χ2v) is 21.0. The first-order chi connectivity index (χ1) is 35.5. The van der Waals surface area contributed by atoms with E-state index < -0.39 is 66.7 Å². The normalized spacial score (nSPS) is 34.6. The molecule has 4 N–H and O–H groups in total. The van der Waals surface area contributed by atoms with Gasteiger partial charge >= 0.3 is 11.9 Å². The van der Waals surface area contributed by atoms with Gasteiger partial charge in [-0.05, 0) is 90.0 Å². The summed E-state index contributed by atoms with van der Waals surface area (Å²) in [5.41, 5.74) is 4.69. The van der Waals surface area contributed by atoms with Crippen LogP contribution in [-0.2, 0) is 71.9 Å². The molecular weight excluding hydrogens is 1000 g/mol. The average Bonchev–Trinajstić information content (AvgIpc) is 3.98. The van der Waals surface area contributed by atoms with E-state index >= 15 is 0 Å². The molecule has 0 radical (unpaired) electrons. The molecule has 14 atom stereocenters. The van der Waals surface area contributed by atoms with Crippen molar-refractivity contribution >= 4 is 35.1 Å². The summed E-state index contributed by atoms with van der Waals surface area (Å²) < 4.78 is 58.5. The van der Waals surface area contributed by atoms with E-state index in [2.05, 4.69) is 0 Å². The van der Waals surface area contributed by atoms with Gasteiger partial charge in [-0.1, -0.05) is 73.4 Å². The van der Waals surface area contributed by atoms with Gasteiger partial charge in [0.15, 0.2) is 6.10 Å². The molecule has 0 bridgehead atoms. The zero-order chi connectivity index (χ0) is 52.6. The van der Waals surface area contributed by atoms with Gasteiger partial charge in [0.25, 0.3) is 0 Å². The van der Waals surface area contributed by atoms with Gasteiger partial charge in [-0.3, -0.25) is 9.59 Å². The molecule has 6 fully saturated rings. The molecular formula is C56H66Cl2O16. The molecule has 0 spiro atoms. The Kier molecular flexibility index (Phi) is 16.7. The Morgan fingerprint density at radius 1 is 0.622 bits per heavy atom. The number of benzene rings is 4. The number of ether oxygens (including phenoxy) is 10.